The highest BCUT2D eigenvalue weighted by molar-refractivity contribution is 6.22. The van der Waals surface area contributed by atoms with Crippen molar-refractivity contribution in [1.29, 1.82) is 0 Å². The lowest BCUT2D eigenvalue weighted by atomic mass is 9.99. The SMILES string of the molecule is CCCOc1ccc(C2=c3ccc4c(ccc5c(-c6ccc(OCCC)cc6)c(O)oc54)c3=NC2=O)cc1. The van der Waals surface area contributed by atoms with Crippen LogP contribution in [0.4, 0.5) is 0 Å². The summed E-state index contributed by atoms with van der Waals surface area (Å²) in [6.45, 7) is 5.42. The quantitative estimate of drug-likeness (QED) is 0.284. The molecule has 0 atom stereocenters. The van der Waals surface area contributed by atoms with Gasteiger partial charge < -0.3 is 19.0 Å². The molecule has 0 saturated heterocycles. The highest BCUT2D eigenvalue weighted by Crippen LogP contribution is 2.42. The van der Waals surface area contributed by atoms with Crippen molar-refractivity contribution in [3.63, 3.8) is 0 Å². The van der Waals surface area contributed by atoms with E-state index in [-0.39, 0.29) is 11.9 Å². The number of amides is 1. The van der Waals surface area contributed by atoms with Gasteiger partial charge in [-0.1, -0.05) is 50.2 Å². The normalized spacial score (nSPS) is 12.7. The molecule has 1 aromatic heterocycles. The molecule has 4 aromatic carbocycles. The Labute approximate surface area is 219 Å². The number of furan rings is 1. The van der Waals surface area contributed by atoms with E-state index in [1.54, 1.807) is 0 Å². The second-order valence-electron chi connectivity index (χ2n) is 9.32. The van der Waals surface area contributed by atoms with Crippen LogP contribution < -0.4 is 20.0 Å². The number of aromatic hydroxyl groups is 1. The van der Waals surface area contributed by atoms with Gasteiger partial charge >= 0.3 is 0 Å². The average molecular weight is 506 g/mol. The molecule has 6 heteroatoms. The van der Waals surface area contributed by atoms with Crippen LogP contribution in [-0.4, -0.2) is 24.2 Å². The van der Waals surface area contributed by atoms with Gasteiger partial charge in [0.05, 0.1) is 29.7 Å². The molecule has 6 rings (SSSR count). The fourth-order valence-corrected chi connectivity index (χ4v) is 4.96. The summed E-state index contributed by atoms with van der Waals surface area (Å²) in [6, 6.07) is 22.8. The third kappa shape index (κ3) is 3.98. The minimum atomic E-state index is -0.275. The molecule has 1 amide bonds. The molecule has 190 valence electrons. The van der Waals surface area contributed by atoms with E-state index < -0.39 is 0 Å². The number of hydrogen-bond acceptors (Lipinski definition) is 5. The van der Waals surface area contributed by atoms with Gasteiger partial charge in [0.2, 0.25) is 0 Å². The lowest BCUT2D eigenvalue weighted by Gasteiger charge is -2.06. The summed E-state index contributed by atoms with van der Waals surface area (Å²) >= 11 is 0. The van der Waals surface area contributed by atoms with Crippen LogP contribution >= 0.6 is 0 Å². The molecule has 2 heterocycles. The molecule has 0 spiro atoms. The summed E-state index contributed by atoms with van der Waals surface area (Å²) in [4.78, 5) is 17.4. The zero-order valence-electron chi connectivity index (χ0n) is 21.3. The van der Waals surface area contributed by atoms with Crippen molar-refractivity contribution < 1.29 is 23.8 Å². The smallest absolute Gasteiger partial charge is 0.291 e. The Morgan fingerprint density at radius 3 is 1.95 bits per heavy atom. The van der Waals surface area contributed by atoms with Crippen molar-refractivity contribution in [3.05, 3.63) is 88.9 Å². The molecule has 0 bridgehead atoms. The second kappa shape index (κ2) is 9.71. The zero-order chi connectivity index (χ0) is 26.2. The maximum Gasteiger partial charge on any atom is 0.291 e. The fourth-order valence-electron chi connectivity index (χ4n) is 4.96. The van der Waals surface area contributed by atoms with Gasteiger partial charge in [-0.25, -0.2) is 4.99 Å². The molecule has 0 unspecified atom stereocenters. The van der Waals surface area contributed by atoms with E-state index in [0.29, 0.717) is 35.3 Å². The van der Waals surface area contributed by atoms with Gasteiger partial charge in [-0.05, 0) is 60.4 Å². The van der Waals surface area contributed by atoms with Crippen LogP contribution in [0.2, 0.25) is 0 Å². The van der Waals surface area contributed by atoms with E-state index in [9.17, 15) is 9.90 Å². The largest absolute Gasteiger partial charge is 0.494 e. The third-order valence-corrected chi connectivity index (χ3v) is 6.73. The number of hydrogen-bond donors (Lipinski definition) is 1. The summed E-state index contributed by atoms with van der Waals surface area (Å²) in [5.74, 6) is 1.13. The van der Waals surface area contributed by atoms with E-state index in [4.69, 9.17) is 13.9 Å². The van der Waals surface area contributed by atoms with Crippen LogP contribution in [0.5, 0.6) is 17.4 Å². The third-order valence-electron chi connectivity index (χ3n) is 6.73. The molecule has 0 aliphatic carbocycles. The number of carbonyl (C=O) groups excluding carboxylic acids is 1. The van der Waals surface area contributed by atoms with E-state index in [1.807, 2.05) is 72.8 Å². The molecular weight excluding hydrogens is 478 g/mol. The number of rotatable bonds is 8. The van der Waals surface area contributed by atoms with Gasteiger partial charge in [0, 0.05) is 21.4 Å². The maximum absolute atomic E-state index is 13.0. The minimum Gasteiger partial charge on any atom is -0.494 e. The van der Waals surface area contributed by atoms with Gasteiger partial charge in [-0.2, -0.15) is 0 Å². The first kappa shape index (κ1) is 23.8. The van der Waals surface area contributed by atoms with Crippen LogP contribution in [0.25, 0.3) is 38.4 Å². The van der Waals surface area contributed by atoms with E-state index >= 15 is 0 Å². The molecule has 38 heavy (non-hydrogen) atoms. The molecule has 6 nitrogen and oxygen atoms in total. The molecule has 5 aromatic rings. The standard InChI is InChI=1S/C32H27NO5/c1-3-17-36-21-9-5-19(6-10-21)27-25-15-14-24-23(29(25)33-31(27)34)13-16-26-28(32(35)38-30(24)26)20-7-11-22(12-8-20)37-18-4-2/h5-16,35H,3-4,17-18H2,1-2H3. The number of benzene rings is 4. The average Bonchev–Trinajstić information content (AvgIpc) is 3.46. The Hall–Kier alpha value is -4.58. The van der Waals surface area contributed by atoms with Crippen molar-refractivity contribution in [1.82, 2.24) is 0 Å². The lowest BCUT2D eigenvalue weighted by molar-refractivity contribution is -0.112. The predicted molar refractivity (Wildman–Crippen MR) is 147 cm³/mol. The minimum absolute atomic E-state index is 0.152. The molecule has 0 fully saturated rings. The number of ether oxygens (including phenoxy) is 2. The second-order valence-corrected chi connectivity index (χ2v) is 9.32. The van der Waals surface area contributed by atoms with Crippen LogP contribution in [0.15, 0.2) is 82.2 Å². The zero-order valence-corrected chi connectivity index (χ0v) is 21.3. The van der Waals surface area contributed by atoms with Gasteiger partial charge in [-0.15, -0.1) is 0 Å². The summed E-state index contributed by atoms with van der Waals surface area (Å²) in [7, 11) is 0. The van der Waals surface area contributed by atoms with Gasteiger partial charge in [0.1, 0.15) is 17.1 Å². The van der Waals surface area contributed by atoms with E-state index in [1.165, 1.54) is 0 Å². The molecule has 0 saturated carbocycles. The number of nitrogens with zero attached hydrogens (tertiary/aromatic N) is 1. The molecule has 1 aliphatic rings. The van der Waals surface area contributed by atoms with Gasteiger partial charge in [0.25, 0.3) is 11.9 Å². The Morgan fingerprint density at radius 2 is 1.32 bits per heavy atom. The van der Waals surface area contributed by atoms with Crippen molar-refractivity contribution in [3.8, 4) is 28.6 Å². The van der Waals surface area contributed by atoms with Gasteiger partial charge in [0.15, 0.2) is 0 Å². The Bertz CT molecular complexity index is 1800. The molecule has 1 N–H and O–H groups in total. The summed E-state index contributed by atoms with van der Waals surface area (Å²) in [5.41, 5.74) is 3.36. The maximum atomic E-state index is 13.0. The Morgan fingerprint density at radius 1 is 0.737 bits per heavy atom. The molecule has 0 radical (unpaired) electrons. The lowest BCUT2D eigenvalue weighted by Crippen LogP contribution is -2.24. The van der Waals surface area contributed by atoms with Gasteiger partial charge in [-0.3, -0.25) is 4.79 Å². The summed E-state index contributed by atoms with van der Waals surface area (Å²) in [6.07, 6.45) is 1.86. The van der Waals surface area contributed by atoms with Crippen LogP contribution in [0, 0.1) is 0 Å². The highest BCUT2D eigenvalue weighted by Gasteiger charge is 2.22. The predicted octanol–water partition coefficient (Wildman–Crippen LogP) is 5.90. The van der Waals surface area contributed by atoms with Crippen LogP contribution in [-0.2, 0) is 4.79 Å². The van der Waals surface area contributed by atoms with Crippen LogP contribution in [0.3, 0.4) is 0 Å². The highest BCUT2D eigenvalue weighted by atomic mass is 16.5. The van der Waals surface area contributed by atoms with E-state index in [2.05, 4.69) is 18.8 Å². The summed E-state index contributed by atoms with van der Waals surface area (Å²) < 4.78 is 17.2. The summed E-state index contributed by atoms with van der Waals surface area (Å²) in [5, 5.41) is 14.5. The van der Waals surface area contributed by atoms with Crippen molar-refractivity contribution in [2.24, 2.45) is 4.99 Å². The molecular formula is C32H27NO5. The Kier molecular flexibility index (Phi) is 6.08. The fraction of sp³-hybridized carbons (Fsp3) is 0.188. The first-order valence-corrected chi connectivity index (χ1v) is 12.9. The van der Waals surface area contributed by atoms with Crippen molar-refractivity contribution in [2.45, 2.75) is 26.7 Å². The van der Waals surface area contributed by atoms with Crippen molar-refractivity contribution in [2.75, 3.05) is 13.2 Å². The number of fused-ring (bicyclic) bond motifs is 5. The monoisotopic (exact) mass is 505 g/mol. The topological polar surface area (TPSA) is 81.3 Å². The van der Waals surface area contributed by atoms with Crippen molar-refractivity contribution >= 4 is 33.2 Å². The first-order chi connectivity index (χ1) is 18.6. The van der Waals surface area contributed by atoms with E-state index in [0.717, 1.165) is 56.8 Å². The molecule has 1 aliphatic heterocycles. The first-order valence-electron chi connectivity index (χ1n) is 12.9. The number of carbonyl (C=O) groups is 1. The Balaban J connectivity index is 1.45. The van der Waals surface area contributed by atoms with Crippen LogP contribution in [0.1, 0.15) is 32.3 Å².